The summed E-state index contributed by atoms with van der Waals surface area (Å²) < 4.78 is 0. The molecule has 0 radical (unpaired) electrons. The van der Waals surface area contributed by atoms with Crippen LogP contribution >= 0.6 is 0 Å². The molecule has 1 N–H and O–H groups in total. The van der Waals surface area contributed by atoms with Gasteiger partial charge in [-0.1, -0.05) is 47.0 Å². The van der Waals surface area contributed by atoms with Crippen molar-refractivity contribution in [1.29, 1.82) is 0 Å². The van der Waals surface area contributed by atoms with Gasteiger partial charge in [0.1, 0.15) is 0 Å². The molecular formula is C32H54O. The zero-order valence-electron chi connectivity index (χ0n) is 22.8. The maximum absolute atomic E-state index is 10.1. The zero-order valence-corrected chi connectivity index (χ0v) is 22.8. The monoisotopic (exact) mass is 454 g/mol. The topological polar surface area (TPSA) is 20.2 Å². The molecule has 1 heteroatoms. The minimum absolute atomic E-state index is 0.495. The van der Waals surface area contributed by atoms with Gasteiger partial charge in [-0.3, -0.25) is 0 Å². The molecule has 0 aromatic heterocycles. The zero-order chi connectivity index (χ0) is 25.0. The van der Waals surface area contributed by atoms with E-state index in [1.807, 2.05) is 13.8 Å². The highest BCUT2D eigenvalue weighted by molar-refractivity contribution is 5.09. The molecule has 1 nitrogen and oxygen atoms in total. The lowest BCUT2D eigenvalue weighted by Crippen LogP contribution is -2.53. The van der Waals surface area contributed by atoms with Gasteiger partial charge in [0.05, 0.1) is 5.60 Å². The Bertz CT molecular complexity index is 646. The maximum Gasteiger partial charge on any atom is 0.0591 e. The molecule has 0 aromatic rings. The van der Waals surface area contributed by atoms with Crippen molar-refractivity contribution in [3.05, 3.63) is 0 Å². The Labute approximate surface area is 207 Å². The van der Waals surface area contributed by atoms with E-state index in [4.69, 9.17) is 0 Å². The smallest absolute Gasteiger partial charge is 0.0591 e. The summed E-state index contributed by atoms with van der Waals surface area (Å²) in [6.45, 7) is 14.4. The molecule has 9 atom stereocenters. The maximum atomic E-state index is 10.1. The van der Waals surface area contributed by atoms with E-state index < -0.39 is 5.60 Å². The molecule has 6 unspecified atom stereocenters. The van der Waals surface area contributed by atoms with Crippen molar-refractivity contribution in [3.63, 3.8) is 0 Å². The minimum atomic E-state index is -0.495. The van der Waals surface area contributed by atoms with Gasteiger partial charge < -0.3 is 5.11 Å². The second-order valence-electron chi connectivity index (χ2n) is 13.4. The Kier molecular flexibility index (Phi) is 9.62. The van der Waals surface area contributed by atoms with E-state index in [-0.39, 0.29) is 0 Å². The summed E-state index contributed by atoms with van der Waals surface area (Å²) in [4.78, 5) is 0. The third kappa shape index (κ3) is 5.67. The number of rotatable bonds is 5. The minimum Gasteiger partial charge on any atom is -0.390 e. The van der Waals surface area contributed by atoms with Crippen molar-refractivity contribution in [2.45, 2.75) is 124 Å². The molecule has 0 aromatic carbocycles. The third-order valence-corrected chi connectivity index (χ3v) is 11.1. The van der Waals surface area contributed by atoms with Crippen molar-refractivity contribution in [3.8, 4) is 25.7 Å². The largest absolute Gasteiger partial charge is 0.390 e. The van der Waals surface area contributed by atoms with Gasteiger partial charge in [-0.05, 0) is 124 Å². The Hall–Kier alpha value is -0.920. The van der Waals surface area contributed by atoms with Gasteiger partial charge in [0, 0.05) is 0 Å². The van der Waals surface area contributed by atoms with E-state index in [0.29, 0.717) is 10.8 Å². The first-order valence-electron chi connectivity index (χ1n) is 13.9. The van der Waals surface area contributed by atoms with Crippen molar-refractivity contribution < 1.29 is 5.11 Å². The highest BCUT2D eigenvalue weighted by Crippen LogP contribution is 2.68. The van der Waals surface area contributed by atoms with E-state index >= 15 is 0 Å². The SMILES string of the molecule is C#C.C#C.CC(CCCC(C)(C)O)C1CCC2C3CCC4C[C@@H](C)CC[C@]4(C)C3CC[C@]12C. The standard InChI is InChI=1S/C28H50O.2C2H2/c1-19-13-16-27(5)21(18-19)9-10-22-24-12-11-23(28(24,6)17-14-25(22)27)20(2)8-7-15-26(3,4)29;2*1-2/h19-25,29H,7-18H2,1-6H3;2*1-2H/t19-,20?,21?,22?,23?,24?,25?,27-,28+;;/m0../s1. The predicted molar refractivity (Wildman–Crippen MR) is 143 cm³/mol. The molecule has 0 amide bonds. The average Bonchev–Trinajstić information content (AvgIpc) is 3.13. The lowest BCUT2D eigenvalue weighted by Gasteiger charge is -2.61. The van der Waals surface area contributed by atoms with Crippen LogP contribution in [0.5, 0.6) is 0 Å². The lowest BCUT2D eigenvalue weighted by atomic mass is 9.44. The van der Waals surface area contributed by atoms with E-state index in [2.05, 4.69) is 53.4 Å². The molecule has 0 aliphatic heterocycles. The van der Waals surface area contributed by atoms with Crippen LogP contribution in [0.2, 0.25) is 0 Å². The van der Waals surface area contributed by atoms with Crippen LogP contribution < -0.4 is 0 Å². The molecule has 4 saturated carbocycles. The highest BCUT2D eigenvalue weighted by Gasteiger charge is 2.60. The number of fused-ring (bicyclic) bond motifs is 5. The fourth-order valence-corrected chi connectivity index (χ4v) is 9.51. The fraction of sp³-hybridized carbons (Fsp3) is 0.875. The van der Waals surface area contributed by atoms with Gasteiger partial charge in [0.25, 0.3) is 0 Å². The first-order chi connectivity index (χ1) is 15.5. The van der Waals surface area contributed by atoms with Crippen molar-refractivity contribution in [2.75, 3.05) is 0 Å². The molecule has 4 aliphatic carbocycles. The number of hydrogen-bond donors (Lipinski definition) is 1. The molecular weight excluding hydrogens is 400 g/mol. The van der Waals surface area contributed by atoms with Crippen LogP contribution in [0.4, 0.5) is 0 Å². The molecule has 0 bridgehead atoms. The van der Waals surface area contributed by atoms with E-state index in [0.717, 1.165) is 47.8 Å². The second-order valence-corrected chi connectivity index (χ2v) is 13.4. The van der Waals surface area contributed by atoms with E-state index in [9.17, 15) is 5.11 Å². The van der Waals surface area contributed by atoms with Crippen LogP contribution in [-0.2, 0) is 0 Å². The van der Waals surface area contributed by atoms with Gasteiger partial charge in [0.2, 0.25) is 0 Å². The molecule has 4 aliphatic rings. The Balaban J connectivity index is 0.000000914. The summed E-state index contributed by atoms with van der Waals surface area (Å²) >= 11 is 0. The molecule has 188 valence electrons. The summed E-state index contributed by atoms with van der Waals surface area (Å²) in [5.74, 6) is 6.79. The Morgan fingerprint density at radius 3 is 2.12 bits per heavy atom. The summed E-state index contributed by atoms with van der Waals surface area (Å²) in [6, 6.07) is 0. The van der Waals surface area contributed by atoms with E-state index in [1.165, 1.54) is 70.6 Å². The van der Waals surface area contributed by atoms with Gasteiger partial charge in [-0.2, -0.15) is 0 Å². The van der Waals surface area contributed by atoms with Gasteiger partial charge in [-0.25, -0.2) is 0 Å². The average molecular weight is 455 g/mol. The van der Waals surface area contributed by atoms with Gasteiger partial charge in [-0.15, -0.1) is 25.7 Å². The van der Waals surface area contributed by atoms with Crippen LogP contribution in [0.1, 0.15) is 119 Å². The lowest BCUT2D eigenvalue weighted by molar-refractivity contribution is -0.120. The molecule has 0 heterocycles. The predicted octanol–water partition coefficient (Wildman–Crippen LogP) is 8.36. The highest BCUT2D eigenvalue weighted by atomic mass is 16.3. The summed E-state index contributed by atoms with van der Waals surface area (Å²) in [7, 11) is 0. The molecule has 0 saturated heterocycles. The fourth-order valence-electron chi connectivity index (χ4n) is 9.51. The molecule has 4 rings (SSSR count). The van der Waals surface area contributed by atoms with Crippen LogP contribution in [0.15, 0.2) is 0 Å². The number of hydrogen-bond acceptors (Lipinski definition) is 1. The first kappa shape index (κ1) is 28.3. The van der Waals surface area contributed by atoms with Gasteiger partial charge >= 0.3 is 0 Å². The van der Waals surface area contributed by atoms with Crippen LogP contribution in [0.3, 0.4) is 0 Å². The van der Waals surface area contributed by atoms with Crippen molar-refractivity contribution in [2.24, 2.45) is 52.3 Å². The van der Waals surface area contributed by atoms with Crippen molar-refractivity contribution >= 4 is 0 Å². The van der Waals surface area contributed by atoms with Crippen molar-refractivity contribution in [1.82, 2.24) is 0 Å². The second kappa shape index (κ2) is 11.2. The molecule has 0 spiro atoms. The quantitative estimate of drug-likeness (QED) is 0.414. The summed E-state index contributed by atoms with van der Waals surface area (Å²) in [5.41, 5.74) is 0.763. The number of aliphatic hydroxyl groups is 1. The molecule has 33 heavy (non-hydrogen) atoms. The van der Waals surface area contributed by atoms with Gasteiger partial charge in [0.15, 0.2) is 0 Å². The Morgan fingerprint density at radius 1 is 0.879 bits per heavy atom. The Morgan fingerprint density at radius 2 is 1.48 bits per heavy atom. The third-order valence-electron chi connectivity index (χ3n) is 11.1. The first-order valence-corrected chi connectivity index (χ1v) is 13.9. The van der Waals surface area contributed by atoms with Crippen LogP contribution in [0.25, 0.3) is 0 Å². The number of terminal acetylenes is 2. The summed E-state index contributed by atoms with van der Waals surface area (Å²) in [6.07, 6.45) is 33.0. The van der Waals surface area contributed by atoms with E-state index in [1.54, 1.807) is 0 Å². The summed E-state index contributed by atoms with van der Waals surface area (Å²) in [5, 5.41) is 10.1. The van der Waals surface area contributed by atoms with Crippen LogP contribution in [0, 0.1) is 77.9 Å². The normalized spacial score (nSPS) is 42.8. The molecule has 4 fully saturated rings. The van der Waals surface area contributed by atoms with Crippen LogP contribution in [-0.4, -0.2) is 10.7 Å².